The minimum Gasteiger partial charge on any atom is -0.454 e. The van der Waals surface area contributed by atoms with Gasteiger partial charge in [-0.05, 0) is 88.0 Å². The average molecular weight is 716 g/mol. The van der Waals surface area contributed by atoms with Crippen LogP contribution in [0.25, 0.3) is 22.8 Å². The summed E-state index contributed by atoms with van der Waals surface area (Å²) in [7, 11) is 0. The summed E-state index contributed by atoms with van der Waals surface area (Å²) < 4.78 is 48.8. The molecule has 3 aromatic heterocycles. The van der Waals surface area contributed by atoms with Crippen molar-refractivity contribution >= 4 is 23.5 Å². The van der Waals surface area contributed by atoms with Crippen molar-refractivity contribution in [2.75, 3.05) is 36.4 Å². The SMILES string of the molecule is CCN1C(=O)CNc2ncc(-c3ccc(-c4ncn(CCCCCN5CC6(CCC7=CC8C(C(F)(F)F)=CC(=O)OC8C=C75)CC6)n4)nc3C)nc21. The van der Waals surface area contributed by atoms with Gasteiger partial charge in [0.25, 0.3) is 0 Å². The summed E-state index contributed by atoms with van der Waals surface area (Å²) in [6.45, 7) is 6.82. The molecule has 2 atom stereocenters. The average Bonchev–Trinajstić information content (AvgIpc) is 3.76. The van der Waals surface area contributed by atoms with Gasteiger partial charge in [-0.25, -0.2) is 24.7 Å². The predicted octanol–water partition coefficient (Wildman–Crippen LogP) is 5.78. The van der Waals surface area contributed by atoms with Crippen LogP contribution in [0.3, 0.4) is 0 Å². The molecule has 3 aromatic rings. The Balaban J connectivity index is 0.888. The van der Waals surface area contributed by atoms with Gasteiger partial charge in [-0.2, -0.15) is 13.2 Å². The van der Waals surface area contributed by atoms with Crippen LogP contribution >= 0.6 is 0 Å². The van der Waals surface area contributed by atoms with E-state index in [1.165, 1.54) is 0 Å². The number of fused-ring (bicyclic) bond motifs is 3. The highest BCUT2D eigenvalue weighted by molar-refractivity contribution is 6.00. The van der Waals surface area contributed by atoms with Gasteiger partial charge in [-0.3, -0.25) is 14.4 Å². The lowest BCUT2D eigenvalue weighted by Crippen LogP contribution is -2.40. The molecule has 8 rings (SSSR count). The third kappa shape index (κ3) is 6.56. The highest BCUT2D eigenvalue weighted by atomic mass is 19.4. The van der Waals surface area contributed by atoms with Crippen molar-refractivity contribution in [2.24, 2.45) is 11.3 Å². The van der Waals surface area contributed by atoms with E-state index in [9.17, 15) is 22.8 Å². The number of aryl methyl sites for hydroxylation is 2. The van der Waals surface area contributed by atoms with Crippen molar-refractivity contribution in [1.29, 1.82) is 0 Å². The van der Waals surface area contributed by atoms with Crippen LogP contribution in [0, 0.1) is 18.3 Å². The van der Waals surface area contributed by atoms with Crippen molar-refractivity contribution in [3.63, 3.8) is 0 Å². The van der Waals surface area contributed by atoms with Gasteiger partial charge < -0.3 is 15.0 Å². The number of esters is 1. The van der Waals surface area contributed by atoms with E-state index < -0.39 is 29.7 Å². The lowest BCUT2D eigenvalue weighted by Gasteiger charge is -2.37. The van der Waals surface area contributed by atoms with Gasteiger partial charge in [-0.15, -0.1) is 5.10 Å². The molecule has 2 aliphatic carbocycles. The van der Waals surface area contributed by atoms with E-state index in [1.54, 1.807) is 29.6 Å². The number of nitrogens with zero attached hydrogens (tertiary/aromatic N) is 8. The van der Waals surface area contributed by atoms with E-state index in [0.717, 1.165) is 80.6 Å². The maximum Gasteiger partial charge on any atom is 0.413 e. The Labute approximate surface area is 298 Å². The number of amides is 1. The molecule has 0 bridgehead atoms. The van der Waals surface area contributed by atoms with Crippen molar-refractivity contribution < 1.29 is 27.5 Å². The van der Waals surface area contributed by atoms with E-state index in [4.69, 9.17) is 14.7 Å². The van der Waals surface area contributed by atoms with Gasteiger partial charge in [0.15, 0.2) is 17.5 Å². The highest BCUT2D eigenvalue weighted by Crippen LogP contribution is 2.55. The number of carbonyl (C=O) groups is 2. The number of pyridine rings is 1. The van der Waals surface area contributed by atoms with Gasteiger partial charge in [0, 0.05) is 55.1 Å². The third-order valence-electron chi connectivity index (χ3n) is 10.8. The molecule has 1 saturated carbocycles. The van der Waals surface area contributed by atoms with E-state index >= 15 is 0 Å². The second-order valence-electron chi connectivity index (χ2n) is 14.3. The Kier molecular flexibility index (Phi) is 8.61. The van der Waals surface area contributed by atoms with Gasteiger partial charge in [0.2, 0.25) is 5.91 Å². The van der Waals surface area contributed by atoms with Crippen LogP contribution in [0.2, 0.25) is 0 Å². The molecule has 6 heterocycles. The molecule has 12 nitrogen and oxygen atoms in total. The lowest BCUT2D eigenvalue weighted by atomic mass is 9.82. The Bertz CT molecular complexity index is 2020. The number of likely N-dealkylation sites (N-methyl/N-ethyl adjacent to an activating group) is 1. The van der Waals surface area contributed by atoms with Gasteiger partial charge in [0.05, 0.1) is 24.0 Å². The highest BCUT2D eigenvalue weighted by Gasteiger charge is 2.49. The quantitative estimate of drug-likeness (QED) is 0.215. The van der Waals surface area contributed by atoms with E-state index in [2.05, 4.69) is 25.3 Å². The number of nitrogens with one attached hydrogen (secondary N) is 1. The number of aromatic nitrogens is 6. The molecule has 1 amide bonds. The van der Waals surface area contributed by atoms with Crippen LogP contribution in [0.1, 0.15) is 57.6 Å². The molecule has 1 spiro atoms. The van der Waals surface area contributed by atoms with Crippen molar-refractivity contribution in [1.82, 2.24) is 34.6 Å². The number of alkyl halides is 3. The minimum absolute atomic E-state index is 0.0515. The first-order valence-corrected chi connectivity index (χ1v) is 18.0. The molecule has 2 fully saturated rings. The summed E-state index contributed by atoms with van der Waals surface area (Å²) in [6.07, 6.45) is 8.57. The van der Waals surface area contributed by atoms with Crippen LogP contribution in [-0.2, 0) is 20.9 Å². The van der Waals surface area contributed by atoms with Crippen molar-refractivity contribution in [3.8, 4) is 22.8 Å². The molecule has 52 heavy (non-hydrogen) atoms. The van der Waals surface area contributed by atoms with Gasteiger partial charge in [0.1, 0.15) is 18.1 Å². The standard InChI is InChI=1S/C37H40F3N9O3/c1-3-49-31(50)19-42-34-35(49)45-28(18-41-34)24-7-8-27(44-22(24)2)33-43-21-48(46-33)14-6-4-5-13-47-20-36(11-12-36)10-9-23-15-25-26(37(38,39)40)16-32(51)52-30(25)17-29(23)47/h7-8,15-18,21,25,30H,3-6,9-14,19-20H2,1-2H3,(H,41,42). The predicted molar refractivity (Wildman–Crippen MR) is 186 cm³/mol. The molecule has 2 unspecified atom stereocenters. The summed E-state index contributed by atoms with van der Waals surface area (Å²) >= 11 is 0. The molecular formula is C37H40F3N9O3. The second-order valence-corrected chi connectivity index (χ2v) is 14.3. The van der Waals surface area contributed by atoms with E-state index in [1.807, 2.05) is 30.7 Å². The van der Waals surface area contributed by atoms with Gasteiger partial charge >= 0.3 is 12.1 Å². The summed E-state index contributed by atoms with van der Waals surface area (Å²) in [4.78, 5) is 46.9. The number of unbranched alkanes of at least 4 members (excludes halogenated alkanes) is 2. The molecule has 5 aliphatic rings. The van der Waals surface area contributed by atoms with E-state index in [0.29, 0.717) is 48.0 Å². The Morgan fingerprint density at radius 2 is 1.85 bits per heavy atom. The van der Waals surface area contributed by atoms with Crippen LogP contribution in [0.4, 0.5) is 24.8 Å². The Morgan fingerprint density at radius 3 is 2.62 bits per heavy atom. The summed E-state index contributed by atoms with van der Waals surface area (Å²) in [5, 5.41) is 7.69. The molecule has 272 valence electrons. The number of hydrogen-bond donors (Lipinski definition) is 1. The fraction of sp³-hybridized carbons (Fsp3) is 0.486. The molecular weight excluding hydrogens is 675 g/mol. The monoisotopic (exact) mass is 715 g/mol. The molecule has 0 radical (unpaired) electrons. The van der Waals surface area contributed by atoms with Crippen molar-refractivity contribution in [2.45, 2.75) is 77.6 Å². The fourth-order valence-electron chi connectivity index (χ4n) is 7.82. The fourth-order valence-corrected chi connectivity index (χ4v) is 7.82. The number of hydrogen-bond acceptors (Lipinski definition) is 10. The summed E-state index contributed by atoms with van der Waals surface area (Å²) in [6, 6.07) is 3.78. The first-order chi connectivity index (χ1) is 25.0. The van der Waals surface area contributed by atoms with Crippen molar-refractivity contribution in [3.05, 3.63) is 65.4 Å². The van der Waals surface area contributed by atoms with Crippen LogP contribution in [0.15, 0.2) is 59.7 Å². The maximum absolute atomic E-state index is 13.8. The number of halogens is 3. The zero-order valence-corrected chi connectivity index (χ0v) is 29.1. The molecule has 15 heteroatoms. The van der Waals surface area contributed by atoms with Crippen LogP contribution in [0.5, 0.6) is 0 Å². The number of allylic oxidation sites excluding steroid dienone is 1. The number of ether oxygens (including phenoxy) is 1. The van der Waals surface area contributed by atoms with Crippen LogP contribution in [-0.4, -0.2) is 85.0 Å². The van der Waals surface area contributed by atoms with Gasteiger partial charge in [-0.1, -0.05) is 6.08 Å². The Morgan fingerprint density at radius 1 is 1.02 bits per heavy atom. The lowest BCUT2D eigenvalue weighted by molar-refractivity contribution is -0.149. The first-order valence-electron chi connectivity index (χ1n) is 18.0. The Hall–Kier alpha value is -5.08. The van der Waals surface area contributed by atoms with E-state index in [-0.39, 0.29) is 17.9 Å². The first kappa shape index (κ1) is 34.0. The minimum atomic E-state index is -4.59. The summed E-state index contributed by atoms with van der Waals surface area (Å²) in [5.74, 6) is -0.385. The maximum atomic E-state index is 13.8. The molecule has 1 saturated heterocycles. The smallest absolute Gasteiger partial charge is 0.413 e. The number of rotatable bonds is 9. The largest absolute Gasteiger partial charge is 0.454 e. The molecule has 3 aliphatic heterocycles. The second kappa shape index (κ2) is 13.2. The molecule has 0 aromatic carbocycles. The molecule has 1 N–H and O–H groups in total. The number of anilines is 2. The summed E-state index contributed by atoms with van der Waals surface area (Å²) in [5.41, 5.74) is 4.05. The third-order valence-corrected chi connectivity index (χ3v) is 10.8. The van der Waals surface area contributed by atoms with Crippen LogP contribution < -0.4 is 10.2 Å². The normalized spacial score (nSPS) is 22.0. The zero-order chi connectivity index (χ0) is 36.2. The number of carbonyl (C=O) groups excluding carboxylic acids is 2. The topological polar surface area (TPSA) is 131 Å². The number of likely N-dealkylation sites (tertiary alicyclic amines) is 1. The zero-order valence-electron chi connectivity index (χ0n) is 29.1.